The molecule has 0 aromatic heterocycles. The Hall–Kier alpha value is -0.120. The van der Waals surface area contributed by atoms with E-state index < -0.39 is 0 Å². The van der Waals surface area contributed by atoms with Gasteiger partial charge in [0.2, 0.25) is 0 Å². The summed E-state index contributed by atoms with van der Waals surface area (Å²) in [5.41, 5.74) is 0. The number of hydrogen-bond donors (Lipinski definition) is 2. The SMILES string of the molecule is CCC(O)CN(CC)CCCO. The first-order valence-electron chi connectivity index (χ1n) is 4.75. The van der Waals surface area contributed by atoms with Crippen molar-refractivity contribution >= 4 is 0 Å². The molecule has 0 rings (SSSR count). The highest BCUT2D eigenvalue weighted by molar-refractivity contribution is 4.61. The summed E-state index contributed by atoms with van der Waals surface area (Å²) in [6.45, 7) is 6.83. The van der Waals surface area contributed by atoms with Gasteiger partial charge in [-0.1, -0.05) is 13.8 Å². The van der Waals surface area contributed by atoms with Crippen LogP contribution in [0.2, 0.25) is 0 Å². The van der Waals surface area contributed by atoms with E-state index in [1.165, 1.54) is 0 Å². The summed E-state index contributed by atoms with van der Waals surface area (Å²) in [5.74, 6) is 0. The normalized spacial score (nSPS) is 13.8. The van der Waals surface area contributed by atoms with Crippen molar-refractivity contribution in [3.8, 4) is 0 Å². The molecule has 3 heteroatoms. The maximum atomic E-state index is 9.35. The van der Waals surface area contributed by atoms with Gasteiger partial charge in [0.1, 0.15) is 0 Å². The number of likely N-dealkylation sites (N-methyl/N-ethyl adjacent to an activating group) is 1. The van der Waals surface area contributed by atoms with E-state index in [1.807, 2.05) is 6.92 Å². The molecule has 2 N–H and O–H groups in total. The highest BCUT2D eigenvalue weighted by Gasteiger charge is 2.07. The maximum absolute atomic E-state index is 9.35. The zero-order valence-electron chi connectivity index (χ0n) is 8.16. The molecular formula is C9H21NO2. The lowest BCUT2D eigenvalue weighted by molar-refractivity contribution is 0.107. The minimum atomic E-state index is -0.219. The Labute approximate surface area is 75.0 Å². The highest BCUT2D eigenvalue weighted by Crippen LogP contribution is 1.97. The summed E-state index contributed by atoms with van der Waals surface area (Å²) in [7, 11) is 0. The third-order valence-electron chi connectivity index (χ3n) is 2.02. The van der Waals surface area contributed by atoms with Gasteiger partial charge in [-0.15, -0.1) is 0 Å². The minimum Gasteiger partial charge on any atom is -0.396 e. The van der Waals surface area contributed by atoms with Gasteiger partial charge in [-0.3, -0.25) is 0 Å². The van der Waals surface area contributed by atoms with E-state index in [9.17, 15) is 5.11 Å². The van der Waals surface area contributed by atoms with Crippen LogP contribution in [0, 0.1) is 0 Å². The molecule has 0 spiro atoms. The minimum absolute atomic E-state index is 0.219. The van der Waals surface area contributed by atoms with Crippen LogP contribution in [-0.4, -0.2) is 47.5 Å². The molecule has 0 amide bonds. The lowest BCUT2D eigenvalue weighted by Gasteiger charge is -2.22. The number of aliphatic hydroxyl groups excluding tert-OH is 2. The van der Waals surface area contributed by atoms with Gasteiger partial charge < -0.3 is 15.1 Å². The molecule has 12 heavy (non-hydrogen) atoms. The zero-order chi connectivity index (χ0) is 9.40. The lowest BCUT2D eigenvalue weighted by atomic mass is 10.2. The van der Waals surface area contributed by atoms with Crippen molar-refractivity contribution in [3.05, 3.63) is 0 Å². The summed E-state index contributed by atoms with van der Waals surface area (Å²) in [6.07, 6.45) is 1.38. The van der Waals surface area contributed by atoms with Gasteiger partial charge in [0.25, 0.3) is 0 Å². The van der Waals surface area contributed by atoms with Gasteiger partial charge in [0.05, 0.1) is 6.10 Å². The Bertz CT molecular complexity index is 98.5. The average Bonchev–Trinajstić information content (AvgIpc) is 2.11. The van der Waals surface area contributed by atoms with Gasteiger partial charge in [-0.05, 0) is 19.4 Å². The van der Waals surface area contributed by atoms with Crippen LogP contribution in [0.5, 0.6) is 0 Å². The Balaban J connectivity index is 3.51. The van der Waals surface area contributed by atoms with Crippen molar-refractivity contribution in [2.24, 2.45) is 0 Å². The quantitative estimate of drug-likeness (QED) is 0.591. The molecule has 0 saturated carbocycles. The van der Waals surface area contributed by atoms with Crippen LogP contribution in [0.3, 0.4) is 0 Å². The molecule has 0 aromatic carbocycles. The lowest BCUT2D eigenvalue weighted by Crippen LogP contribution is -2.33. The van der Waals surface area contributed by atoms with Gasteiger partial charge >= 0.3 is 0 Å². The van der Waals surface area contributed by atoms with Gasteiger partial charge in [-0.25, -0.2) is 0 Å². The monoisotopic (exact) mass is 175 g/mol. The van der Waals surface area contributed by atoms with Crippen molar-refractivity contribution in [2.45, 2.75) is 32.8 Å². The molecule has 1 atom stereocenters. The third kappa shape index (κ3) is 5.52. The van der Waals surface area contributed by atoms with Crippen LogP contribution in [0.4, 0.5) is 0 Å². The van der Waals surface area contributed by atoms with Crippen LogP contribution < -0.4 is 0 Å². The van der Waals surface area contributed by atoms with E-state index in [4.69, 9.17) is 5.11 Å². The second-order valence-electron chi connectivity index (χ2n) is 3.03. The van der Waals surface area contributed by atoms with Crippen LogP contribution in [0.25, 0.3) is 0 Å². The van der Waals surface area contributed by atoms with Gasteiger partial charge in [-0.2, -0.15) is 0 Å². The van der Waals surface area contributed by atoms with E-state index in [2.05, 4.69) is 11.8 Å². The highest BCUT2D eigenvalue weighted by atomic mass is 16.3. The number of rotatable bonds is 7. The predicted octanol–water partition coefficient (Wildman–Crippen LogP) is 0.462. The zero-order valence-corrected chi connectivity index (χ0v) is 8.16. The molecule has 1 unspecified atom stereocenters. The summed E-state index contributed by atoms with van der Waals surface area (Å²) < 4.78 is 0. The van der Waals surface area contributed by atoms with E-state index in [1.54, 1.807) is 0 Å². The Kier molecular flexibility index (Phi) is 7.45. The number of nitrogens with zero attached hydrogens (tertiary/aromatic N) is 1. The maximum Gasteiger partial charge on any atom is 0.0664 e. The van der Waals surface area contributed by atoms with E-state index in [0.29, 0.717) is 0 Å². The van der Waals surface area contributed by atoms with E-state index in [-0.39, 0.29) is 12.7 Å². The Morgan fingerprint density at radius 2 is 2.00 bits per heavy atom. The topological polar surface area (TPSA) is 43.7 Å². The Morgan fingerprint density at radius 1 is 1.33 bits per heavy atom. The van der Waals surface area contributed by atoms with Gasteiger partial charge in [0, 0.05) is 19.7 Å². The van der Waals surface area contributed by atoms with Crippen molar-refractivity contribution in [1.29, 1.82) is 0 Å². The molecular weight excluding hydrogens is 154 g/mol. The summed E-state index contributed by atoms with van der Waals surface area (Å²) >= 11 is 0. The molecule has 0 aliphatic heterocycles. The molecule has 0 bridgehead atoms. The smallest absolute Gasteiger partial charge is 0.0664 e. The van der Waals surface area contributed by atoms with Crippen LogP contribution in [0.15, 0.2) is 0 Å². The molecule has 3 nitrogen and oxygen atoms in total. The van der Waals surface area contributed by atoms with Crippen molar-refractivity contribution in [2.75, 3.05) is 26.2 Å². The van der Waals surface area contributed by atoms with Crippen molar-refractivity contribution in [3.63, 3.8) is 0 Å². The van der Waals surface area contributed by atoms with E-state index >= 15 is 0 Å². The van der Waals surface area contributed by atoms with Crippen molar-refractivity contribution in [1.82, 2.24) is 4.90 Å². The van der Waals surface area contributed by atoms with Crippen LogP contribution in [-0.2, 0) is 0 Å². The molecule has 0 aliphatic carbocycles. The summed E-state index contributed by atoms with van der Waals surface area (Å²) in [6, 6.07) is 0. The first-order valence-corrected chi connectivity index (χ1v) is 4.75. The van der Waals surface area contributed by atoms with Crippen molar-refractivity contribution < 1.29 is 10.2 Å². The Morgan fingerprint density at radius 3 is 2.42 bits per heavy atom. The molecule has 74 valence electrons. The first-order chi connectivity index (χ1) is 5.74. The predicted molar refractivity (Wildman–Crippen MR) is 50.1 cm³/mol. The number of aliphatic hydroxyl groups is 2. The molecule has 0 heterocycles. The molecule has 0 aliphatic rings. The molecule has 0 fully saturated rings. The average molecular weight is 175 g/mol. The molecule has 0 aromatic rings. The van der Waals surface area contributed by atoms with Gasteiger partial charge in [0.15, 0.2) is 0 Å². The largest absolute Gasteiger partial charge is 0.396 e. The fraction of sp³-hybridized carbons (Fsp3) is 1.00. The van der Waals surface area contributed by atoms with Crippen LogP contribution in [0.1, 0.15) is 26.7 Å². The fourth-order valence-electron chi connectivity index (χ4n) is 1.10. The second kappa shape index (κ2) is 7.53. The first kappa shape index (κ1) is 11.9. The third-order valence-corrected chi connectivity index (χ3v) is 2.02. The van der Waals surface area contributed by atoms with E-state index in [0.717, 1.165) is 32.5 Å². The summed E-state index contributed by atoms with van der Waals surface area (Å²) in [4.78, 5) is 2.16. The molecule has 0 saturated heterocycles. The fourth-order valence-corrected chi connectivity index (χ4v) is 1.10. The number of hydrogen-bond acceptors (Lipinski definition) is 3. The van der Waals surface area contributed by atoms with Crippen LogP contribution >= 0.6 is 0 Å². The second-order valence-corrected chi connectivity index (χ2v) is 3.03. The summed E-state index contributed by atoms with van der Waals surface area (Å²) in [5, 5.41) is 18.0. The molecule has 0 radical (unpaired) electrons. The standard InChI is InChI=1S/C9H21NO2/c1-3-9(12)8-10(4-2)6-5-7-11/h9,11-12H,3-8H2,1-2H3.